The zero-order valence-corrected chi connectivity index (χ0v) is 11.6. The van der Waals surface area contributed by atoms with Crippen LogP contribution < -0.4 is 5.32 Å². The van der Waals surface area contributed by atoms with Crippen molar-refractivity contribution in [2.45, 2.75) is 6.92 Å². The van der Waals surface area contributed by atoms with Gasteiger partial charge in [0.15, 0.2) is 0 Å². The summed E-state index contributed by atoms with van der Waals surface area (Å²) >= 11 is 0. The summed E-state index contributed by atoms with van der Waals surface area (Å²) in [6.45, 7) is 1.92. The molecule has 0 aliphatic carbocycles. The van der Waals surface area contributed by atoms with Crippen molar-refractivity contribution in [1.29, 1.82) is 0 Å². The van der Waals surface area contributed by atoms with Crippen LogP contribution in [-0.2, 0) is 0 Å². The van der Waals surface area contributed by atoms with E-state index in [2.05, 4.69) is 15.5 Å². The maximum atomic E-state index is 12.4. The van der Waals surface area contributed by atoms with E-state index in [9.17, 15) is 4.79 Å². The van der Waals surface area contributed by atoms with Gasteiger partial charge in [0, 0.05) is 11.1 Å². The van der Waals surface area contributed by atoms with E-state index < -0.39 is 0 Å². The minimum Gasteiger partial charge on any atom is -0.319 e. The van der Waals surface area contributed by atoms with E-state index in [0.29, 0.717) is 11.3 Å². The largest absolute Gasteiger partial charge is 0.319 e. The number of hydrogen-bond donors (Lipinski definition) is 2. The fourth-order valence-corrected chi connectivity index (χ4v) is 2.22. The Hall–Kier alpha value is -2.88. The van der Waals surface area contributed by atoms with Gasteiger partial charge < -0.3 is 5.32 Å². The van der Waals surface area contributed by atoms with E-state index in [1.165, 1.54) is 0 Å². The molecule has 1 aromatic heterocycles. The second kappa shape index (κ2) is 5.63. The van der Waals surface area contributed by atoms with E-state index in [0.717, 1.165) is 16.8 Å². The van der Waals surface area contributed by atoms with Crippen molar-refractivity contribution in [2.75, 3.05) is 5.32 Å². The van der Waals surface area contributed by atoms with Gasteiger partial charge in [-0.25, -0.2) is 0 Å². The molecule has 3 aromatic rings. The first-order chi connectivity index (χ1) is 10.3. The molecule has 1 amide bonds. The second-order valence-corrected chi connectivity index (χ2v) is 4.79. The van der Waals surface area contributed by atoms with Crippen molar-refractivity contribution in [3.05, 3.63) is 71.9 Å². The number of anilines is 1. The summed E-state index contributed by atoms with van der Waals surface area (Å²) < 4.78 is 0. The maximum absolute atomic E-state index is 12.4. The van der Waals surface area contributed by atoms with Gasteiger partial charge in [-0.3, -0.25) is 9.89 Å². The second-order valence-electron chi connectivity index (χ2n) is 4.79. The highest BCUT2D eigenvalue weighted by atomic mass is 16.1. The lowest BCUT2D eigenvalue weighted by Crippen LogP contribution is -2.13. The Morgan fingerprint density at radius 1 is 1.05 bits per heavy atom. The van der Waals surface area contributed by atoms with Crippen molar-refractivity contribution in [2.24, 2.45) is 0 Å². The predicted molar refractivity (Wildman–Crippen MR) is 83.2 cm³/mol. The molecule has 0 bridgehead atoms. The molecule has 1 heterocycles. The lowest BCUT2D eigenvalue weighted by atomic mass is 10.1. The Kier molecular flexibility index (Phi) is 3.51. The van der Waals surface area contributed by atoms with E-state index in [1.54, 1.807) is 6.20 Å². The molecular weight excluding hydrogens is 262 g/mol. The monoisotopic (exact) mass is 277 g/mol. The third-order valence-corrected chi connectivity index (χ3v) is 3.34. The van der Waals surface area contributed by atoms with Crippen LogP contribution in [0, 0.1) is 6.92 Å². The topological polar surface area (TPSA) is 57.8 Å². The van der Waals surface area contributed by atoms with Gasteiger partial charge in [0.05, 0.1) is 17.6 Å². The van der Waals surface area contributed by atoms with Crippen molar-refractivity contribution in [3.63, 3.8) is 0 Å². The number of hydrogen-bond acceptors (Lipinski definition) is 2. The highest BCUT2D eigenvalue weighted by Crippen LogP contribution is 2.25. The molecule has 3 rings (SSSR count). The Bertz CT molecular complexity index is 762. The van der Waals surface area contributed by atoms with E-state index >= 15 is 0 Å². The number of nitrogens with one attached hydrogen (secondary N) is 2. The zero-order chi connectivity index (χ0) is 14.7. The Morgan fingerprint density at radius 2 is 1.76 bits per heavy atom. The predicted octanol–water partition coefficient (Wildman–Crippen LogP) is 3.64. The van der Waals surface area contributed by atoms with Crippen LogP contribution in [0.4, 0.5) is 5.69 Å². The minimum absolute atomic E-state index is 0.133. The Morgan fingerprint density at radius 3 is 2.52 bits per heavy atom. The van der Waals surface area contributed by atoms with Crippen LogP contribution in [-0.4, -0.2) is 16.1 Å². The van der Waals surface area contributed by atoms with Gasteiger partial charge in [-0.2, -0.15) is 5.10 Å². The van der Waals surface area contributed by atoms with Crippen LogP contribution in [0.5, 0.6) is 0 Å². The first-order valence-electron chi connectivity index (χ1n) is 6.71. The molecule has 0 spiro atoms. The first kappa shape index (κ1) is 13.1. The summed E-state index contributed by atoms with van der Waals surface area (Å²) in [5.41, 5.74) is 4.07. The summed E-state index contributed by atoms with van der Waals surface area (Å²) in [5, 5.41) is 9.87. The normalized spacial score (nSPS) is 10.3. The quantitative estimate of drug-likeness (QED) is 0.768. The number of carbonyl (C=O) groups is 1. The molecule has 21 heavy (non-hydrogen) atoms. The smallest absolute Gasteiger partial charge is 0.256 e. The van der Waals surface area contributed by atoms with Gasteiger partial charge in [-0.15, -0.1) is 0 Å². The van der Waals surface area contributed by atoms with Crippen LogP contribution in [0.3, 0.4) is 0 Å². The van der Waals surface area contributed by atoms with Gasteiger partial charge in [0.2, 0.25) is 0 Å². The van der Waals surface area contributed by atoms with Crippen molar-refractivity contribution < 1.29 is 4.79 Å². The fourth-order valence-electron chi connectivity index (χ4n) is 2.22. The molecule has 0 aliphatic heterocycles. The molecule has 0 unspecified atom stereocenters. The first-order valence-corrected chi connectivity index (χ1v) is 6.71. The van der Waals surface area contributed by atoms with Gasteiger partial charge in [0.1, 0.15) is 0 Å². The van der Waals surface area contributed by atoms with Gasteiger partial charge in [0.25, 0.3) is 5.91 Å². The van der Waals surface area contributed by atoms with Gasteiger partial charge >= 0.3 is 0 Å². The number of amides is 1. The van der Waals surface area contributed by atoms with Crippen LogP contribution in [0.15, 0.2) is 60.8 Å². The van der Waals surface area contributed by atoms with Crippen molar-refractivity contribution in [3.8, 4) is 11.3 Å². The molecule has 4 heteroatoms. The van der Waals surface area contributed by atoms with Crippen molar-refractivity contribution >= 4 is 11.6 Å². The van der Waals surface area contributed by atoms with Gasteiger partial charge in [-0.1, -0.05) is 48.5 Å². The molecule has 104 valence electrons. The number of H-pyrrole nitrogens is 1. The molecular formula is C17H15N3O. The van der Waals surface area contributed by atoms with Crippen LogP contribution in [0.1, 0.15) is 15.9 Å². The molecule has 0 saturated heterocycles. The summed E-state index contributed by atoms with van der Waals surface area (Å²) in [6.07, 6.45) is 1.62. The van der Waals surface area contributed by atoms with Crippen LogP contribution in [0.2, 0.25) is 0 Å². The van der Waals surface area contributed by atoms with E-state index in [1.807, 2.05) is 61.5 Å². The average Bonchev–Trinajstić information content (AvgIpc) is 2.96. The highest BCUT2D eigenvalue weighted by Gasteiger charge is 2.13. The molecule has 0 atom stereocenters. The molecule has 0 fully saturated rings. The minimum atomic E-state index is -0.133. The number of aromatic nitrogens is 2. The number of carbonyl (C=O) groups excluding carboxylic acids is 1. The highest BCUT2D eigenvalue weighted by molar-refractivity contribution is 6.06. The number of aryl methyl sites for hydroxylation is 1. The van der Waals surface area contributed by atoms with Crippen molar-refractivity contribution in [1.82, 2.24) is 10.2 Å². The zero-order valence-electron chi connectivity index (χ0n) is 11.6. The average molecular weight is 277 g/mol. The van der Waals surface area contributed by atoms with Gasteiger partial charge in [-0.05, 0) is 18.6 Å². The molecule has 2 N–H and O–H groups in total. The van der Waals surface area contributed by atoms with Crippen LogP contribution >= 0.6 is 0 Å². The van der Waals surface area contributed by atoms with Crippen LogP contribution in [0.25, 0.3) is 11.3 Å². The maximum Gasteiger partial charge on any atom is 0.256 e. The third kappa shape index (κ3) is 2.69. The number of rotatable bonds is 3. The molecule has 2 aromatic carbocycles. The molecule has 4 nitrogen and oxygen atoms in total. The lowest BCUT2D eigenvalue weighted by Gasteiger charge is -2.08. The Labute approximate surface area is 122 Å². The number of aromatic amines is 1. The fraction of sp³-hybridized carbons (Fsp3) is 0.0588. The third-order valence-electron chi connectivity index (χ3n) is 3.34. The number of benzene rings is 2. The summed E-state index contributed by atoms with van der Waals surface area (Å²) in [7, 11) is 0. The Balaban J connectivity index is 1.89. The van der Waals surface area contributed by atoms with E-state index in [-0.39, 0.29) is 5.91 Å². The summed E-state index contributed by atoms with van der Waals surface area (Å²) in [4.78, 5) is 12.4. The van der Waals surface area contributed by atoms with E-state index in [4.69, 9.17) is 0 Å². The molecule has 0 radical (unpaired) electrons. The molecule has 0 aliphatic rings. The standard InChI is InChI=1S/C17H15N3O/c1-12-7-5-6-10-14(12)17(21)19-15-11-18-20-16(15)13-8-3-2-4-9-13/h2-11H,1H3,(H,18,20)(H,19,21). The lowest BCUT2D eigenvalue weighted by molar-refractivity contribution is 0.102. The molecule has 0 saturated carbocycles. The number of nitrogens with zero attached hydrogens (tertiary/aromatic N) is 1. The SMILES string of the molecule is Cc1ccccc1C(=O)Nc1cn[nH]c1-c1ccccc1. The summed E-state index contributed by atoms with van der Waals surface area (Å²) in [6, 6.07) is 17.3. The summed E-state index contributed by atoms with van der Waals surface area (Å²) in [5.74, 6) is -0.133.